The first kappa shape index (κ1) is 60.1. The van der Waals surface area contributed by atoms with Crippen molar-refractivity contribution < 1.29 is 62.1 Å². The van der Waals surface area contributed by atoms with E-state index in [9.17, 15) is 34.4 Å². The van der Waals surface area contributed by atoms with Gasteiger partial charge in [0.2, 0.25) is 0 Å². The van der Waals surface area contributed by atoms with Crippen LogP contribution in [0.25, 0.3) is 0 Å². The second-order valence-electron chi connectivity index (χ2n) is 18.7. The number of likely N-dealkylation sites (N-methyl/N-ethyl adjacent to an activating group) is 1. The van der Waals surface area contributed by atoms with Crippen LogP contribution in [0.3, 0.4) is 0 Å². The third-order valence-corrected chi connectivity index (χ3v) is 12.4. The number of allylic oxidation sites excluding steroid dienone is 4. The molecule has 0 radical (unpaired) electrons. The molecule has 1 aliphatic heterocycles. The molecule has 0 saturated carbocycles. The van der Waals surface area contributed by atoms with Crippen molar-refractivity contribution in [2.75, 3.05) is 47.5 Å². The number of aliphatic hydroxyl groups is 3. The molecule has 1 rings (SSSR count). The van der Waals surface area contributed by atoms with E-state index in [1.54, 1.807) is 12.2 Å². The topological polar surface area (TPSA) is 178 Å². The van der Waals surface area contributed by atoms with Gasteiger partial charge in [-0.1, -0.05) is 147 Å². The van der Waals surface area contributed by atoms with Gasteiger partial charge in [0.15, 0.2) is 12.4 Å². The van der Waals surface area contributed by atoms with Gasteiger partial charge in [-0.2, -0.15) is 0 Å². The Hall–Kier alpha value is -1.93. The molecule has 0 aromatic rings. The van der Waals surface area contributed by atoms with Crippen LogP contribution in [-0.4, -0.2) is 115 Å². The van der Waals surface area contributed by atoms with Crippen molar-refractivity contribution >= 4 is 19.8 Å². The number of rotatable bonds is 41. The fourth-order valence-electron chi connectivity index (χ4n) is 7.40. The molecule has 0 aromatic carbocycles. The number of phosphoric ester groups is 1. The van der Waals surface area contributed by atoms with E-state index in [2.05, 4.69) is 26.0 Å². The minimum Gasteiger partial charge on any atom is -0.462 e. The van der Waals surface area contributed by atoms with Crippen molar-refractivity contribution in [1.29, 1.82) is 0 Å². The number of ether oxygens (including phenoxy) is 3. The maximum atomic E-state index is 12.9. The molecule has 64 heavy (non-hydrogen) atoms. The molecule has 4 N–H and O–H groups in total. The summed E-state index contributed by atoms with van der Waals surface area (Å²) in [6.07, 6.45) is 33.8. The minimum atomic E-state index is -4.46. The van der Waals surface area contributed by atoms with Gasteiger partial charge in [-0.3, -0.25) is 18.6 Å². The van der Waals surface area contributed by atoms with Crippen LogP contribution in [0.5, 0.6) is 0 Å². The Bertz CT molecular complexity index is 1300. The van der Waals surface area contributed by atoms with E-state index in [0.717, 1.165) is 38.5 Å². The summed E-state index contributed by atoms with van der Waals surface area (Å²) in [4.78, 5) is 35.7. The number of quaternary nitrogens is 1. The zero-order chi connectivity index (χ0) is 47.3. The highest BCUT2D eigenvalue weighted by Crippen LogP contribution is 2.43. The summed E-state index contributed by atoms with van der Waals surface area (Å²) in [6.45, 7) is 4.01. The Morgan fingerprint density at radius 1 is 0.719 bits per heavy atom. The average Bonchev–Trinajstić information content (AvgIpc) is 3.23. The zero-order valence-corrected chi connectivity index (χ0v) is 41.7. The highest BCUT2D eigenvalue weighted by atomic mass is 31.2. The monoisotopic (exact) mass is 931 g/mol. The van der Waals surface area contributed by atoms with Crippen LogP contribution >= 0.6 is 7.82 Å². The lowest BCUT2D eigenvalue weighted by molar-refractivity contribution is -0.870. The number of aliphatic hydroxyl groups excluding tert-OH is 3. The van der Waals surface area contributed by atoms with E-state index in [1.165, 1.54) is 83.5 Å². The van der Waals surface area contributed by atoms with Crippen LogP contribution in [0.4, 0.5) is 0 Å². The van der Waals surface area contributed by atoms with Gasteiger partial charge in [0.25, 0.3) is 0 Å². The zero-order valence-electron chi connectivity index (χ0n) is 40.8. The number of phosphoric acid groups is 1. The first-order valence-electron chi connectivity index (χ1n) is 25.1. The number of esters is 2. The first-order chi connectivity index (χ1) is 30.7. The molecular formula is C50H93NO12P+. The van der Waals surface area contributed by atoms with Crippen LogP contribution in [0.15, 0.2) is 36.5 Å². The molecule has 0 aliphatic carbocycles. The van der Waals surface area contributed by atoms with Crippen molar-refractivity contribution in [3.8, 4) is 0 Å². The average molecular weight is 931 g/mol. The Labute approximate surface area is 388 Å². The third-order valence-electron chi connectivity index (χ3n) is 11.4. The van der Waals surface area contributed by atoms with Gasteiger partial charge in [0.05, 0.1) is 46.1 Å². The van der Waals surface area contributed by atoms with Crippen LogP contribution in [0, 0.1) is 5.92 Å². The Morgan fingerprint density at radius 3 is 1.89 bits per heavy atom. The SMILES string of the molecule is CCCCCCCC/C=C\CCCCCCCCCCCC(=O)OC[C@H](COP(=O)(O)OCC[N+](C)(C)C)OC(=O)CCC/C=C\C[C@H]1[C@@H](O)CC(O)O[C@@H]1/C=C/[C@@H](O)CCCCC. The molecule has 0 spiro atoms. The summed E-state index contributed by atoms with van der Waals surface area (Å²) in [5.41, 5.74) is 0. The molecule has 0 aromatic heterocycles. The van der Waals surface area contributed by atoms with Gasteiger partial charge in [-0.05, 0) is 57.8 Å². The minimum absolute atomic E-state index is 0.0181. The summed E-state index contributed by atoms with van der Waals surface area (Å²) >= 11 is 0. The second kappa shape index (κ2) is 38.1. The lowest BCUT2D eigenvalue weighted by atomic mass is 9.87. The van der Waals surface area contributed by atoms with E-state index >= 15 is 0 Å². The molecule has 2 unspecified atom stereocenters. The summed E-state index contributed by atoms with van der Waals surface area (Å²) in [6, 6.07) is 0. The summed E-state index contributed by atoms with van der Waals surface area (Å²) < 4.78 is 40.0. The van der Waals surface area contributed by atoms with E-state index in [0.29, 0.717) is 43.1 Å². The van der Waals surface area contributed by atoms with Gasteiger partial charge in [-0.25, -0.2) is 4.57 Å². The molecule has 0 amide bonds. The predicted molar refractivity (Wildman–Crippen MR) is 255 cm³/mol. The number of nitrogens with zero attached hydrogens (tertiary/aromatic N) is 1. The van der Waals surface area contributed by atoms with Gasteiger partial charge in [0, 0.05) is 25.2 Å². The molecule has 1 heterocycles. The molecule has 1 saturated heterocycles. The molecular weight excluding hydrogens is 838 g/mol. The number of hydrogen-bond acceptors (Lipinski definition) is 11. The lowest BCUT2D eigenvalue weighted by Gasteiger charge is -2.36. The number of hydrogen-bond donors (Lipinski definition) is 4. The standard InChI is InChI=1S/C50H92NO12P/c1-6-8-10-11-12-13-14-15-16-17-18-19-20-21-22-23-24-25-30-34-48(54)59-41-44(42-61-64(57,58)60-39-38-51(3,4)5)62-49(55)35-31-27-26-29-33-45-46(53)40-50(56)63-47(45)37-36-43(52)32-28-9-7-2/h15-16,26,29,36-37,43-47,50,52-53,56H,6-14,17-25,27-28,30-35,38-42H2,1-5H3/p+1/b16-15-,29-26-,37-36+/t43-,44+,45-,46-,47+,50?/m0/s1. The molecule has 13 nitrogen and oxygen atoms in total. The predicted octanol–water partition coefficient (Wildman–Crippen LogP) is 10.6. The highest BCUT2D eigenvalue weighted by Gasteiger charge is 2.35. The molecule has 1 fully saturated rings. The molecule has 14 heteroatoms. The summed E-state index contributed by atoms with van der Waals surface area (Å²) in [7, 11) is 1.31. The smallest absolute Gasteiger partial charge is 0.462 e. The maximum absolute atomic E-state index is 12.9. The van der Waals surface area contributed by atoms with Crippen LogP contribution < -0.4 is 0 Å². The van der Waals surface area contributed by atoms with Crippen molar-refractivity contribution in [3.05, 3.63) is 36.5 Å². The van der Waals surface area contributed by atoms with Gasteiger partial charge in [0.1, 0.15) is 19.8 Å². The fourth-order valence-corrected chi connectivity index (χ4v) is 8.14. The molecule has 1 aliphatic rings. The summed E-state index contributed by atoms with van der Waals surface area (Å²) in [5, 5.41) is 31.1. The Morgan fingerprint density at radius 2 is 1.27 bits per heavy atom. The number of unbranched alkanes of at least 4 members (excludes halogenated alkanes) is 18. The maximum Gasteiger partial charge on any atom is 0.472 e. The van der Waals surface area contributed by atoms with Gasteiger partial charge in [-0.15, -0.1) is 0 Å². The third kappa shape index (κ3) is 35.3. The largest absolute Gasteiger partial charge is 0.472 e. The molecule has 0 bridgehead atoms. The van der Waals surface area contributed by atoms with E-state index in [1.807, 2.05) is 33.3 Å². The Kier molecular flexibility index (Phi) is 35.8. The van der Waals surface area contributed by atoms with E-state index in [-0.39, 0.29) is 38.4 Å². The summed E-state index contributed by atoms with van der Waals surface area (Å²) in [5.74, 6) is -1.31. The van der Waals surface area contributed by atoms with Crippen molar-refractivity contribution in [2.24, 2.45) is 5.92 Å². The van der Waals surface area contributed by atoms with Crippen LogP contribution in [0.1, 0.15) is 187 Å². The van der Waals surface area contributed by atoms with E-state index in [4.69, 9.17) is 23.3 Å². The highest BCUT2D eigenvalue weighted by molar-refractivity contribution is 7.47. The Balaban J connectivity index is 2.46. The van der Waals surface area contributed by atoms with E-state index < -0.39 is 57.1 Å². The molecule has 7 atom stereocenters. The first-order valence-corrected chi connectivity index (χ1v) is 26.6. The quantitative estimate of drug-likeness (QED) is 0.0150. The van der Waals surface area contributed by atoms with Gasteiger partial charge >= 0.3 is 19.8 Å². The molecule has 374 valence electrons. The number of carbonyl (C=O) groups excluding carboxylic acids is 2. The van der Waals surface area contributed by atoms with Crippen molar-refractivity contribution in [2.45, 2.75) is 218 Å². The van der Waals surface area contributed by atoms with Crippen molar-refractivity contribution in [3.63, 3.8) is 0 Å². The normalized spacial score (nSPS) is 20.3. The number of carbonyl (C=O) groups is 2. The van der Waals surface area contributed by atoms with Crippen molar-refractivity contribution in [1.82, 2.24) is 0 Å². The second-order valence-corrected chi connectivity index (χ2v) is 20.2. The fraction of sp³-hybridized carbons (Fsp3) is 0.840. The van der Waals surface area contributed by atoms with Crippen LogP contribution in [-0.2, 0) is 37.4 Å². The lowest BCUT2D eigenvalue weighted by Crippen LogP contribution is -2.43. The van der Waals surface area contributed by atoms with Gasteiger partial charge < -0.3 is 38.9 Å². The van der Waals surface area contributed by atoms with Crippen LogP contribution in [0.2, 0.25) is 0 Å².